The van der Waals surface area contributed by atoms with E-state index in [1.165, 1.54) is 0 Å². The topological polar surface area (TPSA) is 12.0 Å². The molecule has 0 radical (unpaired) electrons. The SMILES string of the molecule is C=CCNCC=C.C=CC[N+](CC=C)(CC=C)CC=C. The van der Waals surface area contributed by atoms with Crippen LogP contribution in [0.5, 0.6) is 0 Å². The average Bonchev–Trinajstić information content (AvgIpc) is 2.41. The van der Waals surface area contributed by atoms with E-state index in [4.69, 9.17) is 0 Å². The van der Waals surface area contributed by atoms with Crippen molar-refractivity contribution in [2.75, 3.05) is 39.3 Å². The van der Waals surface area contributed by atoms with E-state index >= 15 is 0 Å². The first-order chi connectivity index (χ1) is 9.66. The molecule has 0 aliphatic carbocycles. The predicted molar refractivity (Wildman–Crippen MR) is 93.8 cm³/mol. The Morgan fingerprint density at radius 3 is 1.05 bits per heavy atom. The molecule has 0 aromatic carbocycles. The molecule has 2 nitrogen and oxygen atoms in total. The van der Waals surface area contributed by atoms with Crippen LogP contribution in [0, 0.1) is 0 Å². The predicted octanol–water partition coefficient (Wildman–Crippen LogP) is 3.50. The van der Waals surface area contributed by atoms with Crippen LogP contribution in [0.15, 0.2) is 75.9 Å². The quantitative estimate of drug-likeness (QED) is 0.326. The lowest BCUT2D eigenvalue weighted by Crippen LogP contribution is -2.48. The average molecular weight is 275 g/mol. The van der Waals surface area contributed by atoms with Crippen LogP contribution in [0.25, 0.3) is 0 Å². The first-order valence-electron chi connectivity index (χ1n) is 6.87. The number of hydrogen-bond acceptors (Lipinski definition) is 1. The Morgan fingerprint density at radius 1 is 0.550 bits per heavy atom. The second-order valence-electron chi connectivity index (χ2n) is 4.46. The van der Waals surface area contributed by atoms with Gasteiger partial charge in [0, 0.05) is 13.1 Å². The van der Waals surface area contributed by atoms with E-state index in [0.717, 1.165) is 43.8 Å². The van der Waals surface area contributed by atoms with Crippen molar-refractivity contribution in [3.63, 3.8) is 0 Å². The molecule has 0 bridgehead atoms. The van der Waals surface area contributed by atoms with Crippen molar-refractivity contribution in [3.05, 3.63) is 75.9 Å². The maximum absolute atomic E-state index is 3.77. The molecule has 20 heavy (non-hydrogen) atoms. The third kappa shape index (κ3) is 11.5. The van der Waals surface area contributed by atoms with Gasteiger partial charge in [0.1, 0.15) is 0 Å². The van der Waals surface area contributed by atoms with E-state index in [-0.39, 0.29) is 0 Å². The van der Waals surface area contributed by atoms with E-state index in [0.29, 0.717) is 0 Å². The number of hydrogen-bond donors (Lipinski definition) is 1. The molecule has 0 rings (SSSR count). The van der Waals surface area contributed by atoms with Gasteiger partial charge in [-0.3, -0.25) is 0 Å². The highest BCUT2D eigenvalue weighted by atomic mass is 15.3. The minimum atomic E-state index is 0.867. The molecule has 0 aliphatic heterocycles. The summed E-state index contributed by atoms with van der Waals surface area (Å²) in [7, 11) is 0. The van der Waals surface area contributed by atoms with Crippen molar-refractivity contribution in [3.8, 4) is 0 Å². The Labute approximate surface area is 125 Å². The van der Waals surface area contributed by atoms with Crippen LogP contribution in [-0.4, -0.2) is 43.8 Å². The second-order valence-corrected chi connectivity index (χ2v) is 4.46. The van der Waals surface area contributed by atoms with E-state index in [2.05, 4.69) is 44.8 Å². The molecule has 0 spiro atoms. The van der Waals surface area contributed by atoms with Gasteiger partial charge in [0.25, 0.3) is 0 Å². The highest BCUT2D eigenvalue weighted by Gasteiger charge is 2.20. The van der Waals surface area contributed by atoms with Gasteiger partial charge in [-0.15, -0.1) is 13.2 Å². The van der Waals surface area contributed by atoms with Crippen molar-refractivity contribution in [1.82, 2.24) is 5.32 Å². The van der Waals surface area contributed by atoms with Crippen LogP contribution in [-0.2, 0) is 0 Å². The van der Waals surface area contributed by atoms with Crippen molar-refractivity contribution in [2.45, 2.75) is 0 Å². The summed E-state index contributed by atoms with van der Waals surface area (Å²) in [5.74, 6) is 0. The molecular weight excluding hydrogens is 244 g/mol. The third-order valence-corrected chi connectivity index (χ3v) is 2.64. The standard InChI is InChI=1S/C12H20N.C6H11N/c1-5-9-13(10-6-2,11-7-3)12-8-4;1-3-5-7-6-4-2/h5-8H,1-4,9-12H2;3-4,7H,1-2,5-6H2/q+1;. The van der Waals surface area contributed by atoms with Crippen LogP contribution < -0.4 is 5.32 Å². The summed E-state index contributed by atoms with van der Waals surface area (Å²) >= 11 is 0. The largest absolute Gasteiger partial charge is 0.311 e. The fraction of sp³-hybridized carbons (Fsp3) is 0.333. The molecule has 2 heteroatoms. The first kappa shape index (κ1) is 20.7. The first-order valence-corrected chi connectivity index (χ1v) is 6.87. The van der Waals surface area contributed by atoms with Crippen molar-refractivity contribution < 1.29 is 4.48 Å². The molecule has 0 saturated heterocycles. The zero-order valence-corrected chi connectivity index (χ0v) is 12.9. The molecule has 0 fully saturated rings. The molecule has 0 aromatic heterocycles. The van der Waals surface area contributed by atoms with Crippen LogP contribution in [0.4, 0.5) is 0 Å². The lowest BCUT2D eigenvalue weighted by atomic mass is 10.3. The van der Waals surface area contributed by atoms with Gasteiger partial charge in [0.2, 0.25) is 0 Å². The normalized spacial score (nSPS) is 9.60. The Kier molecular flexibility index (Phi) is 15.9. The molecule has 0 unspecified atom stereocenters. The van der Waals surface area contributed by atoms with Crippen LogP contribution in [0.2, 0.25) is 0 Å². The van der Waals surface area contributed by atoms with Gasteiger partial charge < -0.3 is 9.80 Å². The zero-order valence-electron chi connectivity index (χ0n) is 12.9. The van der Waals surface area contributed by atoms with E-state index in [1.54, 1.807) is 0 Å². The Morgan fingerprint density at radius 2 is 0.850 bits per heavy atom. The van der Waals surface area contributed by atoms with Gasteiger partial charge in [-0.25, -0.2) is 0 Å². The molecule has 0 aromatic rings. The highest BCUT2D eigenvalue weighted by Crippen LogP contribution is 2.07. The maximum Gasteiger partial charge on any atom is 0.0978 e. The molecule has 0 heterocycles. The fourth-order valence-corrected chi connectivity index (χ4v) is 1.83. The molecule has 112 valence electrons. The highest BCUT2D eigenvalue weighted by molar-refractivity contribution is 4.79. The summed E-state index contributed by atoms with van der Waals surface area (Å²) in [6.45, 7) is 27.6. The van der Waals surface area contributed by atoms with Crippen molar-refractivity contribution in [2.24, 2.45) is 0 Å². The molecule has 0 amide bonds. The van der Waals surface area contributed by atoms with Crippen LogP contribution in [0.1, 0.15) is 0 Å². The smallest absolute Gasteiger partial charge is 0.0978 e. The molecule has 1 N–H and O–H groups in total. The summed E-state index contributed by atoms with van der Waals surface area (Å²) in [6.07, 6.45) is 11.4. The van der Waals surface area contributed by atoms with Gasteiger partial charge in [-0.1, -0.05) is 38.5 Å². The van der Waals surface area contributed by atoms with Gasteiger partial charge in [0.15, 0.2) is 0 Å². The molecule has 0 saturated carbocycles. The number of quaternary nitrogens is 1. The third-order valence-electron chi connectivity index (χ3n) is 2.64. The summed E-state index contributed by atoms with van der Waals surface area (Å²) in [5.41, 5.74) is 0. The summed E-state index contributed by atoms with van der Waals surface area (Å²) in [6, 6.07) is 0. The molecule has 0 atom stereocenters. The van der Waals surface area contributed by atoms with Gasteiger partial charge in [0.05, 0.1) is 26.2 Å². The Bertz CT molecular complexity index is 249. The molecule has 0 aliphatic rings. The number of rotatable bonds is 12. The Balaban J connectivity index is 0. The number of nitrogens with one attached hydrogen (secondary N) is 1. The van der Waals surface area contributed by atoms with E-state index in [1.807, 2.05) is 36.5 Å². The van der Waals surface area contributed by atoms with Gasteiger partial charge >= 0.3 is 0 Å². The van der Waals surface area contributed by atoms with Crippen LogP contribution >= 0.6 is 0 Å². The lowest BCUT2D eigenvalue weighted by Gasteiger charge is -2.35. The van der Waals surface area contributed by atoms with E-state index in [9.17, 15) is 0 Å². The summed E-state index contributed by atoms with van der Waals surface area (Å²) in [4.78, 5) is 0. The lowest BCUT2D eigenvalue weighted by molar-refractivity contribution is -0.906. The van der Waals surface area contributed by atoms with Gasteiger partial charge in [-0.2, -0.15) is 0 Å². The fourth-order valence-electron chi connectivity index (χ4n) is 1.83. The van der Waals surface area contributed by atoms with Crippen LogP contribution in [0.3, 0.4) is 0 Å². The second kappa shape index (κ2) is 15.4. The zero-order chi connectivity index (χ0) is 15.7. The Hall–Kier alpha value is -1.64. The monoisotopic (exact) mass is 275 g/mol. The number of nitrogens with zero attached hydrogens (tertiary/aromatic N) is 1. The van der Waals surface area contributed by atoms with Crippen molar-refractivity contribution >= 4 is 0 Å². The van der Waals surface area contributed by atoms with Crippen molar-refractivity contribution in [1.29, 1.82) is 0 Å². The summed E-state index contributed by atoms with van der Waals surface area (Å²) in [5, 5.41) is 3.05. The van der Waals surface area contributed by atoms with E-state index < -0.39 is 0 Å². The maximum atomic E-state index is 3.77. The minimum Gasteiger partial charge on any atom is -0.311 e. The minimum absolute atomic E-state index is 0.867. The molecular formula is C18H31N2+. The summed E-state index contributed by atoms with van der Waals surface area (Å²) < 4.78 is 0.903. The van der Waals surface area contributed by atoms with Gasteiger partial charge in [-0.05, 0) is 24.3 Å².